The quantitative estimate of drug-likeness (QED) is 0.501. The Morgan fingerprint density at radius 2 is 1.83 bits per heavy atom. The molecule has 0 atom stereocenters. The van der Waals surface area contributed by atoms with Crippen molar-refractivity contribution in [2.45, 2.75) is 6.92 Å². The first-order valence-electron chi connectivity index (χ1n) is 3.15. The van der Waals surface area contributed by atoms with Crippen molar-refractivity contribution < 1.29 is 22.9 Å². The van der Waals surface area contributed by atoms with Crippen molar-refractivity contribution in [3.8, 4) is 0 Å². The van der Waals surface area contributed by atoms with Gasteiger partial charge in [0.15, 0.2) is 0 Å². The molecule has 0 aromatic rings. The molecule has 0 rings (SSSR count). The Kier molecular flexibility index (Phi) is 4.81. The van der Waals surface area contributed by atoms with Crippen molar-refractivity contribution in [1.82, 2.24) is 0 Å². The topological polar surface area (TPSA) is 61.8 Å². The SMILES string of the molecule is CC=CC(=O)OP(=O)(OC)OC. The van der Waals surface area contributed by atoms with E-state index in [-0.39, 0.29) is 0 Å². The minimum atomic E-state index is -3.67. The molecule has 0 aliphatic carbocycles. The van der Waals surface area contributed by atoms with Gasteiger partial charge in [-0.25, -0.2) is 9.36 Å². The van der Waals surface area contributed by atoms with Crippen LogP contribution in [0.1, 0.15) is 6.92 Å². The summed E-state index contributed by atoms with van der Waals surface area (Å²) < 4.78 is 24.2. The van der Waals surface area contributed by atoms with Crippen molar-refractivity contribution in [3.63, 3.8) is 0 Å². The Morgan fingerprint density at radius 3 is 2.17 bits per heavy atom. The summed E-state index contributed by atoms with van der Waals surface area (Å²) in [6, 6.07) is 0. The maximum atomic E-state index is 11.1. The van der Waals surface area contributed by atoms with Gasteiger partial charge < -0.3 is 4.52 Å². The van der Waals surface area contributed by atoms with E-state index in [1.54, 1.807) is 6.92 Å². The van der Waals surface area contributed by atoms with Gasteiger partial charge in [-0.2, -0.15) is 0 Å². The van der Waals surface area contributed by atoms with Crippen LogP contribution in [0.25, 0.3) is 0 Å². The number of hydrogen-bond acceptors (Lipinski definition) is 5. The lowest BCUT2D eigenvalue weighted by Crippen LogP contribution is -2.01. The minimum absolute atomic E-state index is 0.760. The Morgan fingerprint density at radius 1 is 1.33 bits per heavy atom. The monoisotopic (exact) mass is 194 g/mol. The van der Waals surface area contributed by atoms with Crippen LogP contribution in [0, 0.1) is 0 Å². The summed E-state index contributed by atoms with van der Waals surface area (Å²) in [6.07, 6.45) is 2.57. The summed E-state index contributed by atoms with van der Waals surface area (Å²) in [5.41, 5.74) is 0. The molecule has 0 aromatic heterocycles. The lowest BCUT2D eigenvalue weighted by atomic mass is 10.5. The number of carbonyl (C=O) groups excluding carboxylic acids is 1. The van der Waals surface area contributed by atoms with Crippen LogP contribution in [-0.4, -0.2) is 20.2 Å². The molecule has 0 N–H and O–H groups in total. The van der Waals surface area contributed by atoms with Gasteiger partial charge in [0.25, 0.3) is 0 Å². The van der Waals surface area contributed by atoms with Gasteiger partial charge in [-0.3, -0.25) is 9.05 Å². The smallest absolute Gasteiger partial charge is 0.367 e. The molecule has 0 amide bonds. The van der Waals surface area contributed by atoms with Crippen molar-refractivity contribution in [1.29, 1.82) is 0 Å². The molecule has 5 nitrogen and oxygen atoms in total. The first-order valence-corrected chi connectivity index (χ1v) is 4.61. The van der Waals surface area contributed by atoms with Gasteiger partial charge >= 0.3 is 13.8 Å². The zero-order chi connectivity index (χ0) is 9.61. The second-order valence-corrected chi connectivity index (χ2v) is 3.53. The van der Waals surface area contributed by atoms with E-state index in [1.165, 1.54) is 6.08 Å². The minimum Gasteiger partial charge on any atom is -0.367 e. The van der Waals surface area contributed by atoms with Crippen LogP contribution in [-0.2, 0) is 22.9 Å². The predicted molar refractivity (Wildman–Crippen MR) is 42.5 cm³/mol. The molecule has 0 aromatic carbocycles. The molecule has 0 aliphatic heterocycles. The lowest BCUT2D eigenvalue weighted by molar-refractivity contribution is -0.130. The zero-order valence-corrected chi connectivity index (χ0v) is 8.04. The number of allylic oxidation sites excluding steroid dienone is 1. The Labute approximate surface area is 70.9 Å². The number of hydrogen-bond donors (Lipinski definition) is 0. The van der Waals surface area contributed by atoms with Crippen LogP contribution in [0.15, 0.2) is 12.2 Å². The number of phosphoric ester groups is 1. The third kappa shape index (κ3) is 3.67. The van der Waals surface area contributed by atoms with E-state index in [9.17, 15) is 9.36 Å². The zero-order valence-electron chi connectivity index (χ0n) is 7.14. The van der Waals surface area contributed by atoms with Gasteiger partial charge in [0.1, 0.15) is 0 Å². The molecule has 70 valence electrons. The first-order chi connectivity index (χ1) is 5.58. The Balaban J connectivity index is 4.22. The summed E-state index contributed by atoms with van der Waals surface area (Å²) in [4.78, 5) is 10.7. The highest BCUT2D eigenvalue weighted by Crippen LogP contribution is 2.47. The van der Waals surface area contributed by atoms with E-state index in [0.717, 1.165) is 20.3 Å². The molecule has 0 saturated carbocycles. The third-order valence-electron chi connectivity index (χ3n) is 0.952. The maximum absolute atomic E-state index is 11.1. The molecule has 0 radical (unpaired) electrons. The number of carbonyl (C=O) groups is 1. The summed E-state index contributed by atoms with van der Waals surface area (Å²) >= 11 is 0. The molecule has 12 heavy (non-hydrogen) atoms. The van der Waals surface area contributed by atoms with E-state index >= 15 is 0 Å². The third-order valence-corrected chi connectivity index (χ3v) is 2.25. The maximum Gasteiger partial charge on any atom is 0.531 e. The van der Waals surface area contributed by atoms with Gasteiger partial charge in [-0.15, -0.1) is 0 Å². The molecule has 0 spiro atoms. The molecule has 0 aliphatic rings. The Hall–Kier alpha value is -0.640. The number of rotatable bonds is 4. The molecule has 0 bridgehead atoms. The average molecular weight is 194 g/mol. The molecule has 0 unspecified atom stereocenters. The lowest BCUT2D eigenvalue weighted by Gasteiger charge is -2.10. The van der Waals surface area contributed by atoms with E-state index in [4.69, 9.17) is 0 Å². The second kappa shape index (κ2) is 5.09. The van der Waals surface area contributed by atoms with Crippen LogP contribution < -0.4 is 0 Å². The van der Waals surface area contributed by atoms with Gasteiger partial charge in [0.05, 0.1) is 0 Å². The highest BCUT2D eigenvalue weighted by atomic mass is 31.2. The van der Waals surface area contributed by atoms with Crippen molar-refractivity contribution in [2.24, 2.45) is 0 Å². The van der Waals surface area contributed by atoms with Crippen LogP contribution >= 0.6 is 7.82 Å². The molecule has 0 fully saturated rings. The van der Waals surface area contributed by atoms with Crippen LogP contribution in [0.4, 0.5) is 0 Å². The highest BCUT2D eigenvalue weighted by Gasteiger charge is 2.26. The van der Waals surface area contributed by atoms with E-state index < -0.39 is 13.8 Å². The average Bonchev–Trinajstić information content (AvgIpc) is 2.05. The fraction of sp³-hybridized carbons (Fsp3) is 0.500. The van der Waals surface area contributed by atoms with Crippen molar-refractivity contribution >= 4 is 13.8 Å². The van der Waals surface area contributed by atoms with Crippen molar-refractivity contribution in [3.05, 3.63) is 12.2 Å². The van der Waals surface area contributed by atoms with Gasteiger partial charge in [0, 0.05) is 20.3 Å². The van der Waals surface area contributed by atoms with E-state index in [0.29, 0.717) is 0 Å². The van der Waals surface area contributed by atoms with Gasteiger partial charge in [0.2, 0.25) is 0 Å². The molecule has 6 heteroatoms. The van der Waals surface area contributed by atoms with Crippen molar-refractivity contribution in [2.75, 3.05) is 14.2 Å². The standard InChI is InChI=1S/C6H11O5P/c1-4-5-6(7)11-12(8,9-2)10-3/h4-5H,1-3H3. The number of phosphoric acid groups is 1. The van der Waals surface area contributed by atoms with Gasteiger partial charge in [-0.05, 0) is 6.92 Å². The fourth-order valence-corrected chi connectivity index (χ4v) is 1.01. The first kappa shape index (κ1) is 11.4. The molecular weight excluding hydrogens is 183 g/mol. The highest BCUT2D eigenvalue weighted by molar-refractivity contribution is 7.49. The summed E-state index contributed by atoms with van der Waals surface area (Å²) in [5.74, 6) is -0.760. The summed E-state index contributed by atoms with van der Waals surface area (Å²) in [6.45, 7) is 1.63. The van der Waals surface area contributed by atoms with Crippen LogP contribution in [0.2, 0.25) is 0 Å². The largest absolute Gasteiger partial charge is 0.531 e. The molecular formula is C6H11O5P. The van der Waals surface area contributed by atoms with E-state index in [1.807, 2.05) is 0 Å². The summed E-state index contributed by atoms with van der Waals surface area (Å²) in [5, 5.41) is 0. The molecule has 0 heterocycles. The predicted octanol–water partition coefficient (Wildman–Crippen LogP) is 1.51. The van der Waals surface area contributed by atoms with Gasteiger partial charge in [-0.1, -0.05) is 6.08 Å². The second-order valence-electron chi connectivity index (χ2n) is 1.72. The molecule has 0 saturated heterocycles. The Bertz CT molecular complexity index is 214. The van der Waals surface area contributed by atoms with Crippen LogP contribution in [0.5, 0.6) is 0 Å². The summed E-state index contributed by atoms with van der Waals surface area (Å²) in [7, 11) is -1.40. The fourth-order valence-electron chi connectivity index (χ4n) is 0.426. The van der Waals surface area contributed by atoms with Crippen LogP contribution in [0.3, 0.4) is 0 Å². The van der Waals surface area contributed by atoms with E-state index in [2.05, 4.69) is 13.6 Å². The normalized spacial score (nSPS) is 11.9.